The molecule has 0 aliphatic heterocycles. The molecule has 4 heteroatoms. The Balaban J connectivity index is 2.04. The van der Waals surface area contributed by atoms with Gasteiger partial charge >= 0.3 is 0 Å². The van der Waals surface area contributed by atoms with Crippen LogP contribution >= 0.6 is 12.2 Å². The second-order valence-electron chi connectivity index (χ2n) is 5.87. The van der Waals surface area contributed by atoms with E-state index in [0.29, 0.717) is 16.4 Å². The molecular weight excluding hydrogens is 242 g/mol. The lowest BCUT2D eigenvalue weighted by molar-refractivity contribution is 0.232. The first-order valence-corrected chi connectivity index (χ1v) is 6.89. The van der Waals surface area contributed by atoms with Crippen molar-refractivity contribution in [2.45, 2.75) is 45.6 Å². The van der Waals surface area contributed by atoms with Crippen LogP contribution in [0.15, 0.2) is 18.5 Å². The third-order valence-electron chi connectivity index (χ3n) is 3.79. The van der Waals surface area contributed by atoms with Crippen molar-refractivity contribution in [2.24, 2.45) is 11.1 Å². The van der Waals surface area contributed by atoms with Gasteiger partial charge in [-0.2, -0.15) is 0 Å². The first-order chi connectivity index (χ1) is 8.48. The molecule has 1 aromatic rings. The molecular formula is C14H21N3S. The number of aromatic nitrogens is 1. The van der Waals surface area contributed by atoms with Gasteiger partial charge < -0.3 is 11.1 Å². The molecule has 18 heavy (non-hydrogen) atoms. The summed E-state index contributed by atoms with van der Waals surface area (Å²) in [6.07, 6.45) is 8.44. The van der Waals surface area contributed by atoms with Crippen molar-refractivity contribution in [1.29, 1.82) is 0 Å². The highest BCUT2D eigenvalue weighted by molar-refractivity contribution is 7.80. The lowest BCUT2D eigenvalue weighted by Crippen LogP contribution is -2.30. The van der Waals surface area contributed by atoms with E-state index in [0.717, 1.165) is 11.3 Å². The first-order valence-electron chi connectivity index (χ1n) is 6.48. The predicted octanol–water partition coefficient (Wildman–Crippen LogP) is 3.10. The fourth-order valence-corrected chi connectivity index (χ4v) is 2.67. The molecule has 1 saturated carbocycles. The lowest BCUT2D eigenvalue weighted by atomic mass is 9.75. The van der Waals surface area contributed by atoms with Crippen LogP contribution in [0.1, 0.15) is 45.1 Å². The fraction of sp³-hybridized carbons (Fsp3) is 0.571. The van der Waals surface area contributed by atoms with Gasteiger partial charge in [-0.25, -0.2) is 0 Å². The van der Waals surface area contributed by atoms with Gasteiger partial charge in [-0.15, -0.1) is 0 Å². The summed E-state index contributed by atoms with van der Waals surface area (Å²) in [6, 6.07) is 2.38. The summed E-state index contributed by atoms with van der Waals surface area (Å²) >= 11 is 5.06. The summed E-state index contributed by atoms with van der Waals surface area (Å²) in [5, 5.41) is 3.54. The zero-order valence-electron chi connectivity index (χ0n) is 11.1. The van der Waals surface area contributed by atoms with Crippen LogP contribution in [0.25, 0.3) is 0 Å². The number of nitrogens with one attached hydrogen (secondary N) is 1. The highest BCUT2D eigenvalue weighted by Crippen LogP contribution is 2.36. The summed E-state index contributed by atoms with van der Waals surface area (Å²) in [7, 11) is 0. The minimum atomic E-state index is 0.427. The molecule has 98 valence electrons. The van der Waals surface area contributed by atoms with E-state index >= 15 is 0 Å². The Morgan fingerprint density at radius 2 is 2.11 bits per heavy atom. The van der Waals surface area contributed by atoms with Crippen molar-refractivity contribution in [3.63, 3.8) is 0 Å². The zero-order valence-corrected chi connectivity index (χ0v) is 11.9. The van der Waals surface area contributed by atoms with Gasteiger partial charge in [0.2, 0.25) is 0 Å². The summed E-state index contributed by atoms with van der Waals surface area (Å²) < 4.78 is 0. The Morgan fingerprint density at radius 1 is 1.44 bits per heavy atom. The number of anilines is 1. The van der Waals surface area contributed by atoms with Crippen molar-refractivity contribution >= 4 is 22.9 Å². The number of pyridine rings is 1. The summed E-state index contributed by atoms with van der Waals surface area (Å²) in [6.45, 7) is 4.68. The van der Waals surface area contributed by atoms with Gasteiger partial charge in [0.1, 0.15) is 4.99 Å². The molecule has 0 bridgehead atoms. The topological polar surface area (TPSA) is 50.9 Å². The van der Waals surface area contributed by atoms with E-state index in [1.807, 2.05) is 12.3 Å². The second-order valence-corrected chi connectivity index (χ2v) is 6.31. The molecule has 0 atom stereocenters. The minimum Gasteiger partial charge on any atom is -0.389 e. The zero-order chi connectivity index (χ0) is 13.2. The summed E-state index contributed by atoms with van der Waals surface area (Å²) in [5.41, 5.74) is 8.07. The molecule has 2 rings (SSSR count). The molecule has 0 amide bonds. The maximum Gasteiger partial charge on any atom is 0.106 e. The Labute approximate surface area is 114 Å². The highest BCUT2D eigenvalue weighted by Gasteiger charge is 2.27. The largest absolute Gasteiger partial charge is 0.389 e. The number of nitrogens with two attached hydrogens (primary N) is 1. The molecule has 0 aromatic carbocycles. The van der Waals surface area contributed by atoms with Gasteiger partial charge in [0.25, 0.3) is 0 Å². The number of rotatable bonds is 3. The van der Waals surface area contributed by atoms with E-state index < -0.39 is 0 Å². The molecule has 0 radical (unpaired) electrons. The molecule has 1 aliphatic carbocycles. The van der Waals surface area contributed by atoms with Crippen LogP contribution < -0.4 is 11.1 Å². The van der Waals surface area contributed by atoms with Gasteiger partial charge in [0, 0.05) is 17.8 Å². The molecule has 1 fully saturated rings. The van der Waals surface area contributed by atoms with Crippen LogP contribution in [0.4, 0.5) is 5.69 Å². The van der Waals surface area contributed by atoms with Crippen LogP contribution in [-0.4, -0.2) is 16.0 Å². The smallest absolute Gasteiger partial charge is 0.106 e. The molecule has 0 saturated heterocycles. The van der Waals surface area contributed by atoms with Gasteiger partial charge in [-0.3, -0.25) is 4.98 Å². The average Bonchev–Trinajstić information content (AvgIpc) is 2.32. The van der Waals surface area contributed by atoms with Crippen LogP contribution in [0.2, 0.25) is 0 Å². The molecule has 3 N–H and O–H groups in total. The van der Waals surface area contributed by atoms with Gasteiger partial charge in [0.05, 0.1) is 11.9 Å². The van der Waals surface area contributed by atoms with E-state index in [1.54, 1.807) is 6.20 Å². The van der Waals surface area contributed by atoms with Gasteiger partial charge in [-0.05, 0) is 37.2 Å². The Hall–Kier alpha value is -1.16. The standard InChI is InChI=1S/C14H21N3S/c1-14(2)6-3-10(4-7-14)17-12-9-16-8-5-11(12)13(15)18/h5,8-10,17H,3-4,6-7H2,1-2H3,(H2,15,18). The van der Waals surface area contributed by atoms with Crippen LogP contribution in [0.5, 0.6) is 0 Å². The molecule has 0 spiro atoms. The second kappa shape index (κ2) is 5.22. The maximum atomic E-state index is 5.73. The highest BCUT2D eigenvalue weighted by atomic mass is 32.1. The van der Waals surface area contributed by atoms with E-state index in [1.165, 1.54) is 25.7 Å². The Bertz CT molecular complexity index is 432. The quantitative estimate of drug-likeness (QED) is 0.823. The Kier molecular flexibility index (Phi) is 3.85. The van der Waals surface area contributed by atoms with Crippen LogP contribution in [0, 0.1) is 5.41 Å². The summed E-state index contributed by atoms with van der Waals surface area (Å²) in [5.74, 6) is 0. The third kappa shape index (κ3) is 3.19. The monoisotopic (exact) mass is 263 g/mol. The van der Waals surface area contributed by atoms with Gasteiger partial charge in [0.15, 0.2) is 0 Å². The molecule has 0 unspecified atom stereocenters. The van der Waals surface area contributed by atoms with Crippen molar-refractivity contribution < 1.29 is 0 Å². The molecule has 1 heterocycles. The van der Waals surface area contributed by atoms with E-state index in [2.05, 4.69) is 24.1 Å². The minimum absolute atomic E-state index is 0.427. The average molecular weight is 263 g/mol. The molecule has 1 aliphatic rings. The normalized spacial score (nSPS) is 19.4. The van der Waals surface area contributed by atoms with Crippen molar-refractivity contribution in [1.82, 2.24) is 4.98 Å². The number of thiocarbonyl (C=S) groups is 1. The number of hydrogen-bond acceptors (Lipinski definition) is 3. The van der Waals surface area contributed by atoms with Crippen LogP contribution in [0.3, 0.4) is 0 Å². The fourth-order valence-electron chi connectivity index (χ4n) is 2.49. The van der Waals surface area contributed by atoms with Crippen molar-refractivity contribution in [2.75, 3.05) is 5.32 Å². The third-order valence-corrected chi connectivity index (χ3v) is 4.01. The van der Waals surface area contributed by atoms with Crippen molar-refractivity contribution in [3.8, 4) is 0 Å². The first kappa shape index (κ1) is 13.3. The number of hydrogen-bond donors (Lipinski definition) is 2. The SMILES string of the molecule is CC1(C)CCC(Nc2cnccc2C(N)=S)CC1. The van der Waals surface area contributed by atoms with E-state index in [4.69, 9.17) is 18.0 Å². The maximum absolute atomic E-state index is 5.73. The molecule has 3 nitrogen and oxygen atoms in total. The molecule has 1 aromatic heterocycles. The number of nitrogens with zero attached hydrogens (tertiary/aromatic N) is 1. The van der Waals surface area contributed by atoms with Crippen molar-refractivity contribution in [3.05, 3.63) is 24.0 Å². The van der Waals surface area contributed by atoms with Crippen LogP contribution in [-0.2, 0) is 0 Å². The predicted molar refractivity (Wildman–Crippen MR) is 79.8 cm³/mol. The lowest BCUT2D eigenvalue weighted by Gasteiger charge is -2.35. The van der Waals surface area contributed by atoms with E-state index in [-0.39, 0.29) is 0 Å². The summed E-state index contributed by atoms with van der Waals surface area (Å²) in [4.78, 5) is 4.57. The van der Waals surface area contributed by atoms with E-state index in [9.17, 15) is 0 Å². The van der Waals surface area contributed by atoms with Gasteiger partial charge in [-0.1, -0.05) is 26.1 Å². The Morgan fingerprint density at radius 3 is 2.72 bits per heavy atom.